The summed E-state index contributed by atoms with van der Waals surface area (Å²) in [4.78, 5) is 2.14. The first-order valence-electron chi connectivity index (χ1n) is 6.18. The highest BCUT2D eigenvalue weighted by molar-refractivity contribution is 5.77. The fourth-order valence-corrected chi connectivity index (χ4v) is 1.99. The lowest BCUT2D eigenvalue weighted by Gasteiger charge is -2.15. The SMILES string of the molecule is Cc1ccccc1/C=C/c1ccccc1N(C)C. The Bertz CT molecular complexity index is 553. The molecule has 0 fully saturated rings. The topological polar surface area (TPSA) is 3.24 Å². The molecular formula is C17H19N. The third kappa shape index (κ3) is 2.80. The van der Waals surface area contributed by atoms with Gasteiger partial charge in [0.15, 0.2) is 0 Å². The van der Waals surface area contributed by atoms with Crippen LogP contribution >= 0.6 is 0 Å². The van der Waals surface area contributed by atoms with E-state index in [-0.39, 0.29) is 0 Å². The van der Waals surface area contributed by atoms with E-state index >= 15 is 0 Å². The Morgan fingerprint density at radius 1 is 0.778 bits per heavy atom. The quantitative estimate of drug-likeness (QED) is 0.722. The average molecular weight is 237 g/mol. The molecule has 0 aromatic heterocycles. The van der Waals surface area contributed by atoms with Crippen LogP contribution in [0.3, 0.4) is 0 Å². The summed E-state index contributed by atoms with van der Waals surface area (Å²) in [6.07, 6.45) is 4.36. The largest absolute Gasteiger partial charge is 0.377 e. The second-order valence-corrected chi connectivity index (χ2v) is 4.64. The summed E-state index contributed by atoms with van der Waals surface area (Å²) in [7, 11) is 4.14. The summed E-state index contributed by atoms with van der Waals surface area (Å²) < 4.78 is 0. The van der Waals surface area contributed by atoms with Gasteiger partial charge in [0.25, 0.3) is 0 Å². The Kier molecular flexibility index (Phi) is 3.83. The second kappa shape index (κ2) is 5.54. The molecule has 0 radical (unpaired) electrons. The highest BCUT2D eigenvalue weighted by atomic mass is 15.1. The number of para-hydroxylation sites is 1. The van der Waals surface area contributed by atoms with Crippen molar-refractivity contribution >= 4 is 17.8 Å². The van der Waals surface area contributed by atoms with E-state index in [2.05, 4.69) is 86.6 Å². The van der Waals surface area contributed by atoms with Crippen molar-refractivity contribution in [1.29, 1.82) is 0 Å². The van der Waals surface area contributed by atoms with Gasteiger partial charge in [-0.25, -0.2) is 0 Å². The van der Waals surface area contributed by atoms with Gasteiger partial charge >= 0.3 is 0 Å². The van der Waals surface area contributed by atoms with Crippen molar-refractivity contribution in [3.8, 4) is 0 Å². The average Bonchev–Trinajstić information content (AvgIpc) is 2.38. The number of nitrogens with zero attached hydrogens (tertiary/aromatic N) is 1. The van der Waals surface area contributed by atoms with Crippen LogP contribution in [-0.2, 0) is 0 Å². The Morgan fingerprint density at radius 2 is 1.33 bits per heavy atom. The van der Waals surface area contributed by atoms with Crippen molar-refractivity contribution in [2.45, 2.75) is 6.92 Å². The first-order valence-corrected chi connectivity index (χ1v) is 6.18. The first-order chi connectivity index (χ1) is 8.68. The molecule has 18 heavy (non-hydrogen) atoms. The fraction of sp³-hybridized carbons (Fsp3) is 0.176. The molecule has 2 aromatic carbocycles. The summed E-state index contributed by atoms with van der Waals surface area (Å²) in [6.45, 7) is 2.14. The van der Waals surface area contributed by atoms with Gasteiger partial charge in [0, 0.05) is 19.8 Å². The molecule has 1 nitrogen and oxygen atoms in total. The lowest BCUT2D eigenvalue weighted by Crippen LogP contribution is -2.09. The molecule has 0 unspecified atom stereocenters. The molecule has 0 aliphatic heterocycles. The molecule has 0 saturated heterocycles. The predicted octanol–water partition coefficient (Wildman–Crippen LogP) is 4.23. The van der Waals surface area contributed by atoms with Crippen LogP contribution in [0, 0.1) is 6.92 Å². The Balaban J connectivity index is 2.32. The van der Waals surface area contributed by atoms with Crippen LogP contribution in [0.2, 0.25) is 0 Å². The van der Waals surface area contributed by atoms with Crippen molar-refractivity contribution in [3.63, 3.8) is 0 Å². The maximum Gasteiger partial charge on any atom is 0.0434 e. The van der Waals surface area contributed by atoms with Crippen LogP contribution in [0.5, 0.6) is 0 Å². The molecule has 2 rings (SSSR count). The van der Waals surface area contributed by atoms with E-state index in [4.69, 9.17) is 0 Å². The van der Waals surface area contributed by atoms with Crippen LogP contribution in [-0.4, -0.2) is 14.1 Å². The molecule has 0 heterocycles. The number of hydrogen-bond donors (Lipinski definition) is 0. The maximum atomic E-state index is 2.18. The minimum atomic E-state index is 1.24. The van der Waals surface area contributed by atoms with Crippen LogP contribution in [0.15, 0.2) is 48.5 Å². The molecule has 0 spiro atoms. The smallest absolute Gasteiger partial charge is 0.0434 e. The molecule has 0 bridgehead atoms. The van der Waals surface area contributed by atoms with E-state index in [1.807, 2.05) is 0 Å². The Hall–Kier alpha value is -2.02. The Labute approximate surface area is 109 Å². The third-order valence-electron chi connectivity index (χ3n) is 3.05. The van der Waals surface area contributed by atoms with Crippen LogP contribution in [0.1, 0.15) is 16.7 Å². The van der Waals surface area contributed by atoms with Gasteiger partial charge in [-0.2, -0.15) is 0 Å². The van der Waals surface area contributed by atoms with Gasteiger partial charge < -0.3 is 4.90 Å². The molecule has 92 valence electrons. The predicted molar refractivity (Wildman–Crippen MR) is 80.9 cm³/mol. The first kappa shape index (κ1) is 12.4. The van der Waals surface area contributed by atoms with E-state index < -0.39 is 0 Å². The zero-order valence-electron chi connectivity index (χ0n) is 11.2. The summed E-state index contributed by atoms with van der Waals surface area (Å²) in [5.41, 5.74) is 5.05. The zero-order chi connectivity index (χ0) is 13.0. The van der Waals surface area contributed by atoms with Gasteiger partial charge in [0.1, 0.15) is 0 Å². The molecule has 2 aromatic rings. The van der Waals surface area contributed by atoms with E-state index in [9.17, 15) is 0 Å². The van der Waals surface area contributed by atoms with Crippen molar-refractivity contribution in [2.24, 2.45) is 0 Å². The lowest BCUT2D eigenvalue weighted by molar-refractivity contribution is 1.13. The van der Waals surface area contributed by atoms with E-state index in [1.54, 1.807) is 0 Å². The van der Waals surface area contributed by atoms with Gasteiger partial charge in [-0.1, -0.05) is 54.6 Å². The van der Waals surface area contributed by atoms with Gasteiger partial charge in [-0.3, -0.25) is 0 Å². The van der Waals surface area contributed by atoms with Crippen LogP contribution < -0.4 is 4.90 Å². The van der Waals surface area contributed by atoms with Gasteiger partial charge in [0.05, 0.1) is 0 Å². The summed E-state index contributed by atoms with van der Waals surface area (Å²) in [5, 5.41) is 0. The van der Waals surface area contributed by atoms with Gasteiger partial charge in [-0.15, -0.1) is 0 Å². The minimum absolute atomic E-state index is 1.24. The highest BCUT2D eigenvalue weighted by Crippen LogP contribution is 2.21. The second-order valence-electron chi connectivity index (χ2n) is 4.64. The van der Waals surface area contributed by atoms with Gasteiger partial charge in [-0.05, 0) is 29.7 Å². The molecule has 1 heteroatoms. The van der Waals surface area contributed by atoms with Crippen molar-refractivity contribution in [1.82, 2.24) is 0 Å². The molecule has 0 atom stereocenters. The van der Waals surface area contributed by atoms with Crippen molar-refractivity contribution < 1.29 is 0 Å². The van der Waals surface area contributed by atoms with Gasteiger partial charge in [0.2, 0.25) is 0 Å². The molecular weight excluding hydrogens is 218 g/mol. The van der Waals surface area contributed by atoms with Crippen molar-refractivity contribution in [3.05, 3.63) is 65.2 Å². The Morgan fingerprint density at radius 3 is 2.00 bits per heavy atom. The standard InChI is InChI=1S/C17H19N/c1-14-8-4-5-9-15(14)12-13-16-10-6-7-11-17(16)18(2)3/h4-13H,1-3H3/b13-12+. The number of rotatable bonds is 3. The summed E-state index contributed by atoms with van der Waals surface area (Å²) in [5.74, 6) is 0. The number of benzene rings is 2. The maximum absolute atomic E-state index is 2.18. The van der Waals surface area contributed by atoms with E-state index in [0.717, 1.165) is 0 Å². The zero-order valence-corrected chi connectivity index (χ0v) is 11.2. The number of hydrogen-bond acceptors (Lipinski definition) is 1. The molecule has 0 aliphatic carbocycles. The number of aryl methyl sites for hydroxylation is 1. The summed E-state index contributed by atoms with van der Waals surface area (Å²) in [6, 6.07) is 16.8. The lowest BCUT2D eigenvalue weighted by atomic mass is 10.1. The number of anilines is 1. The molecule has 0 N–H and O–H groups in total. The van der Waals surface area contributed by atoms with Crippen molar-refractivity contribution in [2.75, 3.05) is 19.0 Å². The fourth-order valence-electron chi connectivity index (χ4n) is 1.99. The molecule has 0 aliphatic rings. The normalized spacial score (nSPS) is 10.8. The minimum Gasteiger partial charge on any atom is -0.377 e. The van der Waals surface area contributed by atoms with E-state index in [1.165, 1.54) is 22.4 Å². The third-order valence-corrected chi connectivity index (χ3v) is 3.05. The van der Waals surface area contributed by atoms with Crippen LogP contribution in [0.25, 0.3) is 12.2 Å². The highest BCUT2D eigenvalue weighted by Gasteiger charge is 2.00. The molecule has 0 amide bonds. The van der Waals surface area contributed by atoms with E-state index in [0.29, 0.717) is 0 Å². The molecule has 0 saturated carbocycles. The summed E-state index contributed by atoms with van der Waals surface area (Å²) >= 11 is 0. The monoisotopic (exact) mass is 237 g/mol. The van der Waals surface area contributed by atoms with Crippen LogP contribution in [0.4, 0.5) is 5.69 Å².